The van der Waals surface area contributed by atoms with Crippen molar-refractivity contribution in [2.24, 2.45) is 10.9 Å². The van der Waals surface area contributed by atoms with Gasteiger partial charge in [-0.3, -0.25) is 4.99 Å². The Morgan fingerprint density at radius 2 is 2.18 bits per heavy atom. The maximum atomic E-state index is 4.59. The summed E-state index contributed by atoms with van der Waals surface area (Å²) in [5.41, 5.74) is 0. The zero-order valence-corrected chi connectivity index (χ0v) is 6.20. The molecule has 0 saturated heterocycles. The van der Waals surface area contributed by atoms with E-state index >= 15 is 0 Å². The van der Waals surface area contributed by atoms with Crippen LogP contribution in [0.4, 0.5) is 0 Å². The minimum Gasteiger partial charge on any atom is -0.281 e. The van der Waals surface area contributed by atoms with Crippen molar-refractivity contribution in [3.8, 4) is 0 Å². The van der Waals surface area contributed by atoms with Crippen LogP contribution in [0.3, 0.4) is 0 Å². The van der Waals surface area contributed by atoms with Crippen LogP contribution in [0, 0.1) is 5.92 Å². The van der Waals surface area contributed by atoms with E-state index in [1.54, 1.807) is 0 Å². The van der Waals surface area contributed by atoms with Crippen molar-refractivity contribution >= 4 is 6.08 Å². The monoisotopic (exact) mass is 143 g/mol. The second-order valence-electron chi connectivity index (χ2n) is 3.32. The lowest BCUT2D eigenvalue weighted by molar-refractivity contribution is 0.931. The maximum absolute atomic E-state index is 4.59. The summed E-state index contributed by atoms with van der Waals surface area (Å²) in [6.07, 6.45) is 3.63. The first kappa shape index (κ1) is 5.53. The molecule has 1 aliphatic heterocycles. The molecule has 0 spiro atoms. The fourth-order valence-corrected chi connectivity index (χ4v) is 1.68. The fraction of sp³-hybridized carbons (Fsp3) is 0.300. The molecule has 54 valence electrons. The van der Waals surface area contributed by atoms with E-state index in [0.29, 0.717) is 6.04 Å². The quantitative estimate of drug-likeness (QED) is 0.501. The van der Waals surface area contributed by atoms with Crippen molar-refractivity contribution in [2.75, 3.05) is 0 Å². The zero-order chi connectivity index (χ0) is 7.26. The van der Waals surface area contributed by atoms with Crippen LogP contribution in [0.5, 0.6) is 0 Å². The van der Waals surface area contributed by atoms with Gasteiger partial charge in [-0.05, 0) is 17.7 Å². The van der Waals surface area contributed by atoms with Gasteiger partial charge >= 0.3 is 0 Å². The highest BCUT2D eigenvalue weighted by molar-refractivity contribution is 5.36. The Bertz CT molecular complexity index is 366. The molecule has 2 aliphatic rings. The number of para-hydroxylation sites is 1. The molecule has 1 heteroatoms. The van der Waals surface area contributed by atoms with Crippen molar-refractivity contribution in [1.29, 1.82) is 0 Å². The summed E-state index contributed by atoms with van der Waals surface area (Å²) in [7, 11) is 0. The molecule has 2 atom stereocenters. The van der Waals surface area contributed by atoms with Gasteiger partial charge in [0.2, 0.25) is 0 Å². The molecule has 1 nitrogen and oxygen atoms in total. The summed E-state index contributed by atoms with van der Waals surface area (Å²) >= 11 is 0. The molecule has 2 unspecified atom stereocenters. The molecule has 1 saturated carbocycles. The average Bonchev–Trinajstić information content (AvgIpc) is 2.77. The van der Waals surface area contributed by atoms with E-state index in [9.17, 15) is 0 Å². The van der Waals surface area contributed by atoms with E-state index in [1.807, 2.05) is 0 Å². The van der Waals surface area contributed by atoms with Gasteiger partial charge in [0.15, 0.2) is 0 Å². The minimum absolute atomic E-state index is 0.630. The standard InChI is InChI=1S/C10H9N/c1-2-4-9-7(3-1)5-8-6-10(8)11-9/h1-5,8,10H,6H2. The highest BCUT2D eigenvalue weighted by atomic mass is 14.9. The Hall–Kier alpha value is -1.11. The highest BCUT2D eigenvalue weighted by Crippen LogP contribution is 2.35. The zero-order valence-electron chi connectivity index (χ0n) is 6.20. The predicted octanol–water partition coefficient (Wildman–Crippen LogP) is 0.489. The molecule has 0 bridgehead atoms. The van der Waals surface area contributed by atoms with Crippen LogP contribution in [0.1, 0.15) is 6.42 Å². The largest absolute Gasteiger partial charge is 0.281 e. The van der Waals surface area contributed by atoms with Gasteiger partial charge in [-0.25, -0.2) is 0 Å². The van der Waals surface area contributed by atoms with E-state index < -0.39 is 0 Å². The van der Waals surface area contributed by atoms with Gasteiger partial charge in [0.1, 0.15) is 0 Å². The van der Waals surface area contributed by atoms with Crippen molar-refractivity contribution in [3.63, 3.8) is 0 Å². The van der Waals surface area contributed by atoms with Crippen LogP contribution in [0.25, 0.3) is 6.08 Å². The lowest BCUT2D eigenvalue weighted by atomic mass is 10.2. The third kappa shape index (κ3) is 0.739. The normalized spacial score (nSPS) is 30.9. The Kier molecular flexibility index (Phi) is 0.869. The topological polar surface area (TPSA) is 12.4 Å². The molecule has 11 heavy (non-hydrogen) atoms. The number of hydrogen-bond donors (Lipinski definition) is 0. The van der Waals surface area contributed by atoms with Gasteiger partial charge in [0.05, 0.1) is 11.4 Å². The van der Waals surface area contributed by atoms with Gasteiger partial charge in [0.25, 0.3) is 0 Å². The van der Waals surface area contributed by atoms with Gasteiger partial charge in [0, 0.05) is 5.92 Å². The molecule has 0 radical (unpaired) electrons. The van der Waals surface area contributed by atoms with Crippen LogP contribution >= 0.6 is 0 Å². The molecule has 0 aromatic heterocycles. The number of fused-ring (bicyclic) bond motifs is 2. The van der Waals surface area contributed by atoms with Crippen LogP contribution in [-0.2, 0) is 0 Å². The summed E-state index contributed by atoms with van der Waals surface area (Å²) in [5.74, 6) is 0.768. The number of hydrogen-bond acceptors (Lipinski definition) is 1. The second-order valence-corrected chi connectivity index (χ2v) is 3.32. The smallest absolute Gasteiger partial charge is 0.0647 e. The van der Waals surface area contributed by atoms with Gasteiger partial charge in [-0.15, -0.1) is 0 Å². The first-order chi connectivity index (χ1) is 5.43. The van der Waals surface area contributed by atoms with Gasteiger partial charge in [-0.1, -0.05) is 24.3 Å². The predicted molar refractivity (Wildman–Crippen MR) is 43.6 cm³/mol. The lowest BCUT2D eigenvalue weighted by Crippen LogP contribution is -2.27. The summed E-state index contributed by atoms with van der Waals surface area (Å²) in [6.45, 7) is 0. The molecule has 1 aliphatic carbocycles. The van der Waals surface area contributed by atoms with Crippen LogP contribution < -0.4 is 10.6 Å². The van der Waals surface area contributed by atoms with Crippen LogP contribution in [-0.4, -0.2) is 6.04 Å². The SMILES string of the molecule is C1=c2ccccc2=NC2CC12. The van der Waals surface area contributed by atoms with E-state index in [1.165, 1.54) is 17.0 Å². The summed E-state index contributed by atoms with van der Waals surface area (Å²) in [6, 6.07) is 9.00. The summed E-state index contributed by atoms with van der Waals surface area (Å²) in [4.78, 5) is 4.59. The maximum Gasteiger partial charge on any atom is 0.0647 e. The average molecular weight is 143 g/mol. The number of nitrogens with zero attached hydrogens (tertiary/aromatic N) is 1. The van der Waals surface area contributed by atoms with Gasteiger partial charge < -0.3 is 0 Å². The molecule has 1 aromatic carbocycles. The van der Waals surface area contributed by atoms with Gasteiger partial charge in [-0.2, -0.15) is 0 Å². The van der Waals surface area contributed by atoms with Crippen molar-refractivity contribution in [3.05, 3.63) is 34.8 Å². The molecule has 1 aromatic rings. The molecular weight excluding hydrogens is 134 g/mol. The first-order valence-electron chi connectivity index (χ1n) is 4.08. The van der Waals surface area contributed by atoms with Crippen molar-refractivity contribution in [1.82, 2.24) is 0 Å². The van der Waals surface area contributed by atoms with E-state index in [-0.39, 0.29) is 0 Å². The molecule has 0 N–H and O–H groups in total. The van der Waals surface area contributed by atoms with E-state index in [0.717, 1.165) is 5.92 Å². The Morgan fingerprint density at radius 3 is 3.18 bits per heavy atom. The van der Waals surface area contributed by atoms with E-state index in [4.69, 9.17) is 0 Å². The molecule has 3 rings (SSSR count). The third-order valence-electron chi connectivity index (χ3n) is 2.44. The molecule has 1 heterocycles. The lowest BCUT2D eigenvalue weighted by Gasteiger charge is -1.96. The summed E-state index contributed by atoms with van der Waals surface area (Å²) in [5, 5.41) is 2.51. The summed E-state index contributed by atoms with van der Waals surface area (Å²) < 4.78 is 0. The van der Waals surface area contributed by atoms with Crippen molar-refractivity contribution < 1.29 is 0 Å². The number of rotatable bonds is 0. The minimum atomic E-state index is 0.630. The highest BCUT2D eigenvalue weighted by Gasteiger charge is 2.35. The Morgan fingerprint density at radius 1 is 1.27 bits per heavy atom. The van der Waals surface area contributed by atoms with Crippen LogP contribution in [0.2, 0.25) is 0 Å². The third-order valence-corrected chi connectivity index (χ3v) is 2.44. The number of benzene rings is 1. The molecule has 1 fully saturated rings. The molecular formula is C10H9N. The van der Waals surface area contributed by atoms with Crippen LogP contribution in [0.15, 0.2) is 29.3 Å². The Labute approximate surface area is 65.1 Å². The first-order valence-corrected chi connectivity index (χ1v) is 4.08. The fourth-order valence-electron chi connectivity index (χ4n) is 1.68. The van der Waals surface area contributed by atoms with Crippen molar-refractivity contribution in [2.45, 2.75) is 12.5 Å². The Balaban J connectivity index is 2.42. The second kappa shape index (κ2) is 1.73. The van der Waals surface area contributed by atoms with E-state index in [2.05, 4.69) is 35.3 Å². The molecule has 0 amide bonds.